The lowest BCUT2D eigenvalue weighted by atomic mass is 10.2. The van der Waals surface area contributed by atoms with Crippen molar-refractivity contribution in [2.75, 3.05) is 0 Å². The third kappa shape index (κ3) is 3.83. The molecule has 0 aliphatic heterocycles. The van der Waals surface area contributed by atoms with E-state index in [4.69, 9.17) is 21.4 Å². The molecule has 88 valence electrons. The van der Waals surface area contributed by atoms with Crippen molar-refractivity contribution in [1.29, 1.82) is 0 Å². The van der Waals surface area contributed by atoms with Crippen LogP contribution in [-0.4, -0.2) is 17.2 Å². The first-order valence-corrected chi connectivity index (χ1v) is 5.60. The number of aliphatic carboxylic acids is 1. The highest BCUT2D eigenvalue weighted by atomic mass is 35.5. The number of hydrogen-bond donors (Lipinski definition) is 1. The minimum atomic E-state index is -0.922. The minimum Gasteiger partial charge on any atom is -0.479 e. The molecule has 0 aliphatic carbocycles. The van der Waals surface area contributed by atoms with Gasteiger partial charge in [-0.1, -0.05) is 43.1 Å². The van der Waals surface area contributed by atoms with Gasteiger partial charge in [-0.05, 0) is 18.1 Å². The highest BCUT2D eigenvalue weighted by Crippen LogP contribution is 2.17. The molecule has 1 atom stereocenters. The van der Waals surface area contributed by atoms with E-state index in [1.807, 2.05) is 25.1 Å². The summed E-state index contributed by atoms with van der Waals surface area (Å²) in [5.41, 5.74) is 0.812. The molecule has 0 aromatic heterocycles. The fourth-order valence-corrected chi connectivity index (χ4v) is 1.54. The fraction of sp³-hybridized carbons (Fsp3) is 0.417. The molecule has 1 rings (SSSR count). The number of carboxylic acid groups (broad SMARTS) is 1. The Bertz CT molecular complexity index is 352. The summed E-state index contributed by atoms with van der Waals surface area (Å²) < 4.78 is 5.33. The summed E-state index contributed by atoms with van der Waals surface area (Å²) in [4.78, 5) is 10.8. The molecule has 1 aromatic rings. The first-order valence-electron chi connectivity index (χ1n) is 5.23. The molecule has 1 aromatic carbocycles. The average molecular weight is 243 g/mol. The molecule has 0 saturated carbocycles. The van der Waals surface area contributed by atoms with Crippen LogP contribution in [0.25, 0.3) is 0 Å². The lowest BCUT2D eigenvalue weighted by Crippen LogP contribution is -2.23. The van der Waals surface area contributed by atoms with Gasteiger partial charge in [0.1, 0.15) is 0 Å². The molecule has 0 heterocycles. The Kier molecular flexibility index (Phi) is 5.29. The van der Waals surface area contributed by atoms with Crippen molar-refractivity contribution in [3.05, 3.63) is 34.9 Å². The van der Waals surface area contributed by atoms with E-state index in [1.165, 1.54) is 0 Å². The normalized spacial score (nSPS) is 12.4. The van der Waals surface area contributed by atoms with Crippen LogP contribution in [0.5, 0.6) is 0 Å². The zero-order chi connectivity index (χ0) is 12.0. The number of carbonyl (C=O) groups is 1. The average Bonchev–Trinajstić information content (AvgIpc) is 2.26. The summed E-state index contributed by atoms with van der Waals surface area (Å²) in [7, 11) is 0. The number of halogens is 1. The second kappa shape index (κ2) is 6.51. The van der Waals surface area contributed by atoms with E-state index in [2.05, 4.69) is 0 Å². The maximum absolute atomic E-state index is 10.8. The predicted molar refractivity (Wildman–Crippen MR) is 62.6 cm³/mol. The maximum atomic E-state index is 10.8. The summed E-state index contributed by atoms with van der Waals surface area (Å²) >= 11 is 5.94. The molecule has 0 amide bonds. The maximum Gasteiger partial charge on any atom is 0.332 e. The molecule has 1 unspecified atom stereocenters. The van der Waals surface area contributed by atoms with Crippen molar-refractivity contribution in [3.8, 4) is 0 Å². The molecule has 16 heavy (non-hydrogen) atoms. The first kappa shape index (κ1) is 13.0. The highest BCUT2D eigenvalue weighted by Gasteiger charge is 2.17. The van der Waals surface area contributed by atoms with Gasteiger partial charge >= 0.3 is 5.97 Å². The van der Waals surface area contributed by atoms with Crippen molar-refractivity contribution >= 4 is 17.6 Å². The second-order valence-corrected chi connectivity index (χ2v) is 3.93. The fourth-order valence-electron chi connectivity index (χ4n) is 1.35. The molecular formula is C12H15ClO3. The van der Waals surface area contributed by atoms with Gasteiger partial charge in [-0.3, -0.25) is 0 Å². The van der Waals surface area contributed by atoms with Gasteiger partial charge in [-0.25, -0.2) is 4.79 Å². The van der Waals surface area contributed by atoms with E-state index in [1.54, 1.807) is 6.07 Å². The van der Waals surface area contributed by atoms with Gasteiger partial charge in [0.15, 0.2) is 6.10 Å². The molecule has 3 nitrogen and oxygen atoms in total. The number of ether oxygens (including phenoxy) is 1. The smallest absolute Gasteiger partial charge is 0.332 e. The van der Waals surface area contributed by atoms with Crippen LogP contribution in [0.1, 0.15) is 25.3 Å². The number of rotatable bonds is 6. The van der Waals surface area contributed by atoms with E-state index in [0.717, 1.165) is 12.0 Å². The molecule has 0 radical (unpaired) electrons. The lowest BCUT2D eigenvalue weighted by Gasteiger charge is -2.13. The van der Waals surface area contributed by atoms with Gasteiger partial charge < -0.3 is 9.84 Å². The van der Waals surface area contributed by atoms with Gasteiger partial charge in [0, 0.05) is 5.02 Å². The monoisotopic (exact) mass is 242 g/mol. The second-order valence-electron chi connectivity index (χ2n) is 3.52. The predicted octanol–water partition coefficient (Wildman–Crippen LogP) is 3.11. The van der Waals surface area contributed by atoms with E-state index in [9.17, 15) is 4.79 Å². The van der Waals surface area contributed by atoms with Crippen molar-refractivity contribution < 1.29 is 14.6 Å². The third-order valence-electron chi connectivity index (χ3n) is 2.22. The molecule has 0 aliphatic rings. The molecule has 0 saturated heterocycles. The zero-order valence-corrected chi connectivity index (χ0v) is 9.91. The van der Waals surface area contributed by atoms with E-state index < -0.39 is 12.1 Å². The highest BCUT2D eigenvalue weighted by molar-refractivity contribution is 6.31. The van der Waals surface area contributed by atoms with Gasteiger partial charge in [0.05, 0.1) is 6.61 Å². The largest absolute Gasteiger partial charge is 0.479 e. The zero-order valence-electron chi connectivity index (χ0n) is 9.15. The quantitative estimate of drug-likeness (QED) is 0.834. The van der Waals surface area contributed by atoms with Crippen LogP contribution < -0.4 is 0 Å². The van der Waals surface area contributed by atoms with E-state index >= 15 is 0 Å². The summed E-state index contributed by atoms with van der Waals surface area (Å²) in [5.74, 6) is -0.922. The first-order chi connectivity index (χ1) is 7.65. The Morgan fingerprint density at radius 2 is 2.19 bits per heavy atom. The van der Waals surface area contributed by atoms with Gasteiger partial charge in [-0.2, -0.15) is 0 Å². The molecule has 0 spiro atoms. The molecule has 0 bridgehead atoms. The molecule has 1 N–H and O–H groups in total. The Morgan fingerprint density at radius 1 is 1.50 bits per heavy atom. The van der Waals surface area contributed by atoms with Crippen LogP contribution in [-0.2, 0) is 16.1 Å². The SMILES string of the molecule is CCCC(OCc1ccccc1Cl)C(=O)O. The molecular weight excluding hydrogens is 228 g/mol. The van der Waals surface area contributed by atoms with Crippen molar-refractivity contribution in [1.82, 2.24) is 0 Å². The third-order valence-corrected chi connectivity index (χ3v) is 2.59. The minimum absolute atomic E-state index is 0.233. The molecule has 4 heteroatoms. The van der Waals surface area contributed by atoms with Crippen LogP contribution in [0, 0.1) is 0 Å². The topological polar surface area (TPSA) is 46.5 Å². The Hall–Kier alpha value is -1.06. The van der Waals surface area contributed by atoms with Gasteiger partial charge in [0.25, 0.3) is 0 Å². The lowest BCUT2D eigenvalue weighted by molar-refractivity contribution is -0.151. The van der Waals surface area contributed by atoms with Crippen molar-refractivity contribution in [2.45, 2.75) is 32.5 Å². The van der Waals surface area contributed by atoms with Crippen molar-refractivity contribution in [3.63, 3.8) is 0 Å². The number of benzene rings is 1. The summed E-state index contributed by atoms with van der Waals surface area (Å²) in [6, 6.07) is 7.26. The number of hydrogen-bond acceptors (Lipinski definition) is 2. The van der Waals surface area contributed by atoms with E-state index in [0.29, 0.717) is 11.4 Å². The molecule has 0 fully saturated rings. The van der Waals surface area contributed by atoms with Crippen LogP contribution in [0.3, 0.4) is 0 Å². The summed E-state index contributed by atoms with van der Waals surface area (Å²) in [6.45, 7) is 2.16. The summed E-state index contributed by atoms with van der Waals surface area (Å²) in [5, 5.41) is 9.49. The Labute approximate surface area is 100.0 Å². The Morgan fingerprint density at radius 3 is 2.75 bits per heavy atom. The van der Waals surface area contributed by atoms with Crippen LogP contribution in [0.15, 0.2) is 24.3 Å². The Balaban J connectivity index is 2.55. The summed E-state index contributed by atoms with van der Waals surface area (Å²) in [6.07, 6.45) is 0.542. The van der Waals surface area contributed by atoms with Gasteiger partial charge in [-0.15, -0.1) is 0 Å². The van der Waals surface area contributed by atoms with Crippen LogP contribution in [0.4, 0.5) is 0 Å². The van der Waals surface area contributed by atoms with Crippen LogP contribution in [0.2, 0.25) is 5.02 Å². The van der Waals surface area contributed by atoms with Crippen LogP contribution >= 0.6 is 11.6 Å². The van der Waals surface area contributed by atoms with Gasteiger partial charge in [0.2, 0.25) is 0 Å². The van der Waals surface area contributed by atoms with E-state index in [-0.39, 0.29) is 6.61 Å². The number of carboxylic acids is 1. The van der Waals surface area contributed by atoms with Crippen molar-refractivity contribution in [2.24, 2.45) is 0 Å². The standard InChI is InChI=1S/C12H15ClO3/c1-2-5-11(12(14)15)16-8-9-6-3-4-7-10(9)13/h3-4,6-7,11H,2,5,8H2,1H3,(H,14,15).